The van der Waals surface area contributed by atoms with Gasteiger partial charge in [-0.2, -0.15) is 4.98 Å². The van der Waals surface area contributed by atoms with E-state index in [1.165, 1.54) is 6.39 Å². The molecule has 0 aliphatic carbocycles. The van der Waals surface area contributed by atoms with Crippen LogP contribution in [0.25, 0.3) is 11.2 Å². The number of fused-ring (bicyclic) bond motifs is 1. The van der Waals surface area contributed by atoms with E-state index in [0.717, 1.165) is 5.82 Å². The van der Waals surface area contributed by atoms with Crippen LogP contribution in [0.1, 0.15) is 11.7 Å². The van der Waals surface area contributed by atoms with Crippen molar-refractivity contribution in [3.8, 4) is 0 Å². The Morgan fingerprint density at radius 3 is 3.00 bits per heavy atom. The summed E-state index contributed by atoms with van der Waals surface area (Å²) in [7, 11) is 0. The second kappa shape index (κ2) is 2.50. The summed E-state index contributed by atoms with van der Waals surface area (Å²) in [6, 6.07) is 0. The molecule has 3 heterocycles. The maximum absolute atomic E-state index is 5.06. The lowest BCUT2D eigenvalue weighted by Crippen LogP contribution is -2.26. The first-order chi connectivity index (χ1) is 6.43. The van der Waals surface area contributed by atoms with Crippen LogP contribution >= 0.6 is 0 Å². The molecule has 0 spiro atoms. The van der Waals surface area contributed by atoms with E-state index in [1.54, 1.807) is 6.20 Å². The lowest BCUT2D eigenvalue weighted by Gasteiger charge is -2.23. The zero-order valence-electron chi connectivity index (χ0n) is 6.80. The second-order valence-electron chi connectivity index (χ2n) is 3.00. The summed E-state index contributed by atoms with van der Waals surface area (Å²) in [6.45, 7) is 1.42. The van der Waals surface area contributed by atoms with Gasteiger partial charge < -0.3 is 9.15 Å². The maximum atomic E-state index is 5.06. The zero-order chi connectivity index (χ0) is 8.67. The fourth-order valence-corrected chi connectivity index (χ4v) is 1.27. The van der Waals surface area contributed by atoms with Crippen molar-refractivity contribution < 1.29 is 9.15 Å². The summed E-state index contributed by atoms with van der Waals surface area (Å²) >= 11 is 0. The third-order valence-corrected chi connectivity index (χ3v) is 2.11. The Morgan fingerprint density at radius 2 is 2.23 bits per heavy atom. The molecule has 0 N–H and O–H groups in total. The van der Waals surface area contributed by atoms with Gasteiger partial charge >= 0.3 is 0 Å². The number of oxazole rings is 1. The molecule has 13 heavy (non-hydrogen) atoms. The maximum Gasteiger partial charge on any atom is 0.201 e. The summed E-state index contributed by atoms with van der Waals surface area (Å²) in [5.41, 5.74) is 1.25. The van der Waals surface area contributed by atoms with Crippen molar-refractivity contribution in [1.29, 1.82) is 0 Å². The Hall–Kier alpha value is -1.49. The van der Waals surface area contributed by atoms with E-state index >= 15 is 0 Å². The van der Waals surface area contributed by atoms with E-state index in [-0.39, 0.29) is 0 Å². The molecule has 0 amide bonds. The van der Waals surface area contributed by atoms with E-state index in [2.05, 4.69) is 15.0 Å². The highest BCUT2D eigenvalue weighted by Crippen LogP contribution is 2.21. The van der Waals surface area contributed by atoms with Gasteiger partial charge in [0.1, 0.15) is 5.82 Å². The molecule has 0 unspecified atom stereocenters. The minimum Gasteiger partial charge on any atom is -0.440 e. The minimum atomic E-state index is 0.334. The molecule has 0 atom stereocenters. The molecule has 0 bridgehead atoms. The Labute approximate surface area is 73.8 Å². The third kappa shape index (κ3) is 1.01. The van der Waals surface area contributed by atoms with Crippen molar-refractivity contribution in [3.63, 3.8) is 0 Å². The molecular weight excluding hydrogens is 170 g/mol. The van der Waals surface area contributed by atoms with Crippen molar-refractivity contribution in [2.45, 2.75) is 5.92 Å². The van der Waals surface area contributed by atoms with Gasteiger partial charge in [-0.05, 0) is 0 Å². The van der Waals surface area contributed by atoms with Gasteiger partial charge in [-0.25, -0.2) is 9.97 Å². The van der Waals surface area contributed by atoms with Gasteiger partial charge in [0.15, 0.2) is 12.0 Å². The van der Waals surface area contributed by atoms with Gasteiger partial charge in [-0.15, -0.1) is 0 Å². The summed E-state index contributed by atoms with van der Waals surface area (Å²) in [5, 5.41) is 0. The lowest BCUT2D eigenvalue weighted by atomic mass is 10.1. The number of hydrogen-bond acceptors (Lipinski definition) is 5. The fourth-order valence-electron chi connectivity index (χ4n) is 1.27. The summed E-state index contributed by atoms with van der Waals surface area (Å²) in [4.78, 5) is 12.4. The Bertz CT molecular complexity index is 436. The fraction of sp³-hybridized carbons (Fsp3) is 0.375. The SMILES string of the molecule is c1nc2nc(C3COC3)ncc2o1. The van der Waals surface area contributed by atoms with Crippen molar-refractivity contribution in [2.24, 2.45) is 0 Å². The van der Waals surface area contributed by atoms with Crippen LogP contribution in [0.2, 0.25) is 0 Å². The highest BCUT2D eigenvalue weighted by molar-refractivity contribution is 5.65. The average Bonchev–Trinajstić information content (AvgIpc) is 2.47. The number of hydrogen-bond donors (Lipinski definition) is 0. The first-order valence-corrected chi connectivity index (χ1v) is 4.07. The quantitative estimate of drug-likeness (QED) is 0.642. The summed E-state index contributed by atoms with van der Waals surface area (Å²) in [6.07, 6.45) is 3.03. The van der Waals surface area contributed by atoms with Crippen molar-refractivity contribution in [3.05, 3.63) is 18.4 Å². The van der Waals surface area contributed by atoms with Crippen molar-refractivity contribution in [1.82, 2.24) is 15.0 Å². The predicted molar refractivity (Wildman–Crippen MR) is 43.2 cm³/mol. The van der Waals surface area contributed by atoms with Gasteiger partial charge in [0.05, 0.1) is 25.3 Å². The first kappa shape index (κ1) is 6.97. The van der Waals surface area contributed by atoms with Gasteiger partial charge in [0, 0.05) is 0 Å². The van der Waals surface area contributed by atoms with Crippen LogP contribution in [0.5, 0.6) is 0 Å². The van der Waals surface area contributed by atoms with Crippen LogP contribution < -0.4 is 0 Å². The van der Waals surface area contributed by atoms with Gasteiger partial charge in [0.2, 0.25) is 5.65 Å². The van der Waals surface area contributed by atoms with Gasteiger partial charge in [-0.1, -0.05) is 0 Å². The lowest BCUT2D eigenvalue weighted by molar-refractivity contribution is 0.00497. The smallest absolute Gasteiger partial charge is 0.201 e. The molecule has 2 aromatic heterocycles. The predicted octanol–water partition coefficient (Wildman–Crippen LogP) is 0.732. The van der Waals surface area contributed by atoms with Crippen LogP contribution in [-0.4, -0.2) is 28.2 Å². The average molecular weight is 177 g/mol. The van der Waals surface area contributed by atoms with Crippen molar-refractivity contribution >= 4 is 11.2 Å². The van der Waals surface area contributed by atoms with Crippen LogP contribution in [-0.2, 0) is 4.74 Å². The summed E-state index contributed by atoms with van der Waals surface area (Å²) in [5.74, 6) is 1.13. The molecule has 5 nitrogen and oxygen atoms in total. The molecule has 1 aliphatic heterocycles. The molecule has 5 heteroatoms. The minimum absolute atomic E-state index is 0.334. The largest absolute Gasteiger partial charge is 0.440 e. The number of rotatable bonds is 1. The number of ether oxygens (including phenoxy) is 1. The van der Waals surface area contributed by atoms with E-state index < -0.39 is 0 Å². The molecule has 0 aromatic carbocycles. The zero-order valence-corrected chi connectivity index (χ0v) is 6.80. The molecular formula is C8H7N3O2. The standard InChI is InChI=1S/C8H7N3O2/c1-6-8(10-4-13-6)11-7(9-1)5-2-12-3-5/h1,4-5H,2-3H2. The number of aromatic nitrogens is 3. The third-order valence-electron chi connectivity index (χ3n) is 2.11. The molecule has 0 radical (unpaired) electrons. The van der Waals surface area contributed by atoms with Gasteiger partial charge in [-0.3, -0.25) is 0 Å². The molecule has 2 aromatic rings. The van der Waals surface area contributed by atoms with Crippen molar-refractivity contribution in [2.75, 3.05) is 13.2 Å². The van der Waals surface area contributed by atoms with E-state index in [4.69, 9.17) is 9.15 Å². The normalized spacial score (nSPS) is 17.5. The van der Waals surface area contributed by atoms with Gasteiger partial charge in [0.25, 0.3) is 0 Å². The Morgan fingerprint density at radius 1 is 1.31 bits per heavy atom. The molecule has 1 fully saturated rings. The monoisotopic (exact) mass is 177 g/mol. The second-order valence-corrected chi connectivity index (χ2v) is 3.00. The molecule has 1 saturated heterocycles. The van der Waals surface area contributed by atoms with Crippen LogP contribution in [0, 0.1) is 0 Å². The topological polar surface area (TPSA) is 61.0 Å². The Balaban J connectivity index is 2.09. The highest BCUT2D eigenvalue weighted by Gasteiger charge is 2.23. The molecule has 3 rings (SSSR count). The van der Waals surface area contributed by atoms with E-state index in [1.807, 2.05) is 0 Å². The van der Waals surface area contributed by atoms with Crippen LogP contribution in [0.15, 0.2) is 17.0 Å². The van der Waals surface area contributed by atoms with E-state index in [9.17, 15) is 0 Å². The molecule has 66 valence electrons. The number of nitrogens with zero attached hydrogens (tertiary/aromatic N) is 3. The molecule has 1 aliphatic rings. The summed E-state index contributed by atoms with van der Waals surface area (Å²) < 4.78 is 10.1. The highest BCUT2D eigenvalue weighted by atomic mass is 16.5. The van der Waals surface area contributed by atoms with E-state index in [0.29, 0.717) is 30.4 Å². The molecule has 0 saturated carbocycles. The van der Waals surface area contributed by atoms with Crippen LogP contribution in [0.3, 0.4) is 0 Å². The Kier molecular flexibility index (Phi) is 1.34. The first-order valence-electron chi connectivity index (χ1n) is 4.07. The van der Waals surface area contributed by atoms with Crippen LogP contribution in [0.4, 0.5) is 0 Å².